The fourth-order valence-corrected chi connectivity index (χ4v) is 0.700. The minimum absolute atomic E-state index is 0.0937. The second kappa shape index (κ2) is 2.62. The van der Waals surface area contributed by atoms with Crippen LogP contribution in [0.2, 0.25) is 0 Å². The van der Waals surface area contributed by atoms with Gasteiger partial charge in [-0.3, -0.25) is 0 Å². The summed E-state index contributed by atoms with van der Waals surface area (Å²) in [6.45, 7) is 3.52. The first kappa shape index (κ1) is 6.26. The number of carbonyl (C=O) groups is 1. The SMILES string of the molecule is CC=NC(=O)N1CCC1. The first-order chi connectivity index (χ1) is 4.34. The summed E-state index contributed by atoms with van der Waals surface area (Å²) in [5.74, 6) is 0. The van der Waals surface area contributed by atoms with E-state index >= 15 is 0 Å². The highest BCUT2D eigenvalue weighted by Gasteiger charge is 2.18. The molecule has 50 valence electrons. The van der Waals surface area contributed by atoms with Crippen molar-refractivity contribution in [2.75, 3.05) is 13.1 Å². The molecule has 0 N–H and O–H groups in total. The van der Waals surface area contributed by atoms with Gasteiger partial charge in [-0.15, -0.1) is 0 Å². The number of hydrogen-bond acceptors (Lipinski definition) is 1. The Hall–Kier alpha value is -0.860. The zero-order chi connectivity index (χ0) is 6.69. The van der Waals surface area contributed by atoms with Crippen LogP contribution in [0.25, 0.3) is 0 Å². The number of carbonyl (C=O) groups excluding carboxylic acids is 1. The molecule has 2 amide bonds. The van der Waals surface area contributed by atoms with E-state index in [2.05, 4.69) is 4.99 Å². The summed E-state index contributed by atoms with van der Waals surface area (Å²) >= 11 is 0. The number of amides is 2. The lowest BCUT2D eigenvalue weighted by Crippen LogP contribution is -2.40. The number of nitrogens with zero attached hydrogens (tertiary/aromatic N) is 2. The molecule has 3 nitrogen and oxygen atoms in total. The molecule has 1 fully saturated rings. The Morgan fingerprint density at radius 1 is 1.67 bits per heavy atom. The number of hydrogen-bond donors (Lipinski definition) is 0. The Morgan fingerprint density at radius 3 is 2.67 bits per heavy atom. The Kier molecular flexibility index (Phi) is 1.82. The van der Waals surface area contributed by atoms with Crippen LogP contribution in [0.5, 0.6) is 0 Å². The average molecular weight is 126 g/mol. The maximum absolute atomic E-state index is 10.8. The molecular formula is C6H10N2O. The lowest BCUT2D eigenvalue weighted by molar-refractivity contribution is 0.177. The van der Waals surface area contributed by atoms with E-state index < -0.39 is 0 Å². The van der Waals surface area contributed by atoms with Gasteiger partial charge in [0.1, 0.15) is 0 Å². The number of aliphatic imine (C=N–C) groups is 1. The molecule has 1 aliphatic rings. The molecule has 1 rings (SSSR count). The molecule has 0 saturated carbocycles. The van der Waals surface area contributed by atoms with E-state index in [1.807, 2.05) is 0 Å². The molecule has 0 bridgehead atoms. The summed E-state index contributed by atoms with van der Waals surface area (Å²) in [7, 11) is 0. The fourth-order valence-electron chi connectivity index (χ4n) is 0.700. The van der Waals surface area contributed by atoms with Crippen molar-refractivity contribution in [1.29, 1.82) is 0 Å². The normalized spacial score (nSPS) is 18.1. The van der Waals surface area contributed by atoms with Crippen LogP contribution in [0.15, 0.2) is 4.99 Å². The largest absolute Gasteiger partial charge is 0.343 e. The van der Waals surface area contributed by atoms with E-state index in [1.54, 1.807) is 11.8 Å². The molecule has 0 radical (unpaired) electrons. The van der Waals surface area contributed by atoms with Gasteiger partial charge < -0.3 is 4.90 Å². The van der Waals surface area contributed by atoms with E-state index in [0.717, 1.165) is 19.5 Å². The Bertz CT molecular complexity index is 138. The number of urea groups is 1. The highest BCUT2D eigenvalue weighted by Crippen LogP contribution is 2.06. The van der Waals surface area contributed by atoms with Crippen molar-refractivity contribution in [3.63, 3.8) is 0 Å². The molecule has 0 unspecified atom stereocenters. The van der Waals surface area contributed by atoms with Crippen LogP contribution in [-0.2, 0) is 0 Å². The molecule has 1 heterocycles. The Balaban J connectivity index is 2.32. The summed E-state index contributed by atoms with van der Waals surface area (Å²) in [6, 6.07) is -0.0937. The van der Waals surface area contributed by atoms with Crippen LogP contribution in [-0.4, -0.2) is 30.2 Å². The zero-order valence-corrected chi connectivity index (χ0v) is 5.50. The third-order valence-corrected chi connectivity index (χ3v) is 1.37. The fraction of sp³-hybridized carbons (Fsp3) is 0.667. The molecule has 0 spiro atoms. The summed E-state index contributed by atoms with van der Waals surface area (Å²) in [6.07, 6.45) is 2.66. The van der Waals surface area contributed by atoms with Crippen LogP contribution in [0, 0.1) is 0 Å². The van der Waals surface area contributed by atoms with Crippen molar-refractivity contribution in [3.05, 3.63) is 0 Å². The van der Waals surface area contributed by atoms with Gasteiger partial charge in [-0.25, -0.2) is 9.79 Å². The third-order valence-electron chi connectivity index (χ3n) is 1.37. The van der Waals surface area contributed by atoms with Crippen LogP contribution in [0.4, 0.5) is 4.79 Å². The molecule has 3 heteroatoms. The highest BCUT2D eigenvalue weighted by molar-refractivity contribution is 5.83. The Morgan fingerprint density at radius 2 is 2.33 bits per heavy atom. The second-order valence-corrected chi connectivity index (χ2v) is 2.01. The van der Waals surface area contributed by atoms with Gasteiger partial charge in [0.15, 0.2) is 0 Å². The molecule has 0 aromatic rings. The van der Waals surface area contributed by atoms with Gasteiger partial charge in [-0.1, -0.05) is 0 Å². The van der Waals surface area contributed by atoms with E-state index in [9.17, 15) is 4.79 Å². The van der Waals surface area contributed by atoms with Gasteiger partial charge in [0.25, 0.3) is 0 Å². The van der Waals surface area contributed by atoms with Crippen LogP contribution < -0.4 is 0 Å². The van der Waals surface area contributed by atoms with E-state index in [-0.39, 0.29) is 6.03 Å². The monoisotopic (exact) mass is 126 g/mol. The quantitative estimate of drug-likeness (QED) is 0.444. The Labute approximate surface area is 54.4 Å². The van der Waals surface area contributed by atoms with Gasteiger partial charge in [-0.2, -0.15) is 0 Å². The number of likely N-dealkylation sites (tertiary alicyclic amines) is 1. The summed E-state index contributed by atoms with van der Waals surface area (Å²) in [4.78, 5) is 16.1. The van der Waals surface area contributed by atoms with Gasteiger partial charge in [0.05, 0.1) is 0 Å². The van der Waals surface area contributed by atoms with Crippen LogP contribution in [0.1, 0.15) is 13.3 Å². The maximum atomic E-state index is 10.8. The van der Waals surface area contributed by atoms with Crippen LogP contribution in [0.3, 0.4) is 0 Å². The molecular weight excluding hydrogens is 116 g/mol. The molecule has 1 aliphatic heterocycles. The van der Waals surface area contributed by atoms with Gasteiger partial charge >= 0.3 is 6.03 Å². The molecule has 1 saturated heterocycles. The predicted octanol–water partition coefficient (Wildman–Crippen LogP) is 0.903. The average Bonchev–Trinajstić information content (AvgIpc) is 1.60. The maximum Gasteiger partial charge on any atom is 0.343 e. The van der Waals surface area contributed by atoms with Crippen molar-refractivity contribution in [3.8, 4) is 0 Å². The molecule has 0 aliphatic carbocycles. The van der Waals surface area contributed by atoms with Crippen molar-refractivity contribution < 1.29 is 4.79 Å². The van der Waals surface area contributed by atoms with E-state index in [0.29, 0.717) is 0 Å². The number of rotatable bonds is 0. The van der Waals surface area contributed by atoms with Crippen molar-refractivity contribution in [1.82, 2.24) is 4.90 Å². The summed E-state index contributed by atoms with van der Waals surface area (Å²) < 4.78 is 0. The first-order valence-corrected chi connectivity index (χ1v) is 3.12. The van der Waals surface area contributed by atoms with Gasteiger partial charge in [0, 0.05) is 19.3 Å². The zero-order valence-electron chi connectivity index (χ0n) is 5.50. The predicted molar refractivity (Wildman–Crippen MR) is 35.8 cm³/mol. The van der Waals surface area contributed by atoms with E-state index in [4.69, 9.17) is 0 Å². The minimum Gasteiger partial charge on any atom is -0.323 e. The minimum atomic E-state index is -0.0937. The topological polar surface area (TPSA) is 32.7 Å². The second-order valence-electron chi connectivity index (χ2n) is 2.01. The van der Waals surface area contributed by atoms with Gasteiger partial charge in [0.2, 0.25) is 0 Å². The van der Waals surface area contributed by atoms with Crippen molar-refractivity contribution >= 4 is 12.2 Å². The van der Waals surface area contributed by atoms with Gasteiger partial charge in [-0.05, 0) is 13.3 Å². The lowest BCUT2D eigenvalue weighted by atomic mass is 10.2. The smallest absolute Gasteiger partial charge is 0.323 e. The molecule has 0 aromatic carbocycles. The van der Waals surface area contributed by atoms with Crippen molar-refractivity contribution in [2.45, 2.75) is 13.3 Å². The first-order valence-electron chi connectivity index (χ1n) is 3.12. The van der Waals surface area contributed by atoms with E-state index in [1.165, 1.54) is 6.21 Å². The summed E-state index contributed by atoms with van der Waals surface area (Å²) in [5, 5.41) is 0. The molecule has 9 heavy (non-hydrogen) atoms. The third kappa shape index (κ3) is 1.28. The summed E-state index contributed by atoms with van der Waals surface area (Å²) in [5.41, 5.74) is 0. The lowest BCUT2D eigenvalue weighted by Gasteiger charge is -2.28. The highest BCUT2D eigenvalue weighted by atomic mass is 16.2. The van der Waals surface area contributed by atoms with Crippen LogP contribution >= 0.6 is 0 Å². The molecule has 0 aromatic heterocycles. The van der Waals surface area contributed by atoms with Crippen molar-refractivity contribution in [2.24, 2.45) is 4.99 Å². The standard InChI is InChI=1S/C6H10N2O/c1-2-7-6(9)8-4-3-5-8/h2H,3-5H2,1H3. The molecule has 0 atom stereocenters.